The molecule has 4 nitrogen and oxygen atoms in total. The van der Waals surface area contributed by atoms with Gasteiger partial charge in [0, 0.05) is 12.6 Å². The van der Waals surface area contributed by atoms with Crippen molar-refractivity contribution in [3.05, 3.63) is 81.7 Å². The van der Waals surface area contributed by atoms with Crippen LogP contribution in [0.15, 0.2) is 63.8 Å². The first-order valence-electron chi connectivity index (χ1n) is 7.01. The van der Waals surface area contributed by atoms with Crippen molar-refractivity contribution in [1.29, 1.82) is 0 Å². The molecule has 1 aromatic heterocycles. The normalized spacial score (nSPS) is 10.6. The molecule has 0 bridgehead atoms. The lowest BCUT2D eigenvalue weighted by atomic mass is 10.1. The number of amides is 1. The minimum absolute atomic E-state index is 0.0269. The highest BCUT2D eigenvalue weighted by Crippen LogP contribution is 2.16. The Balaban J connectivity index is 1.87. The summed E-state index contributed by atoms with van der Waals surface area (Å²) < 4.78 is 5.56. The van der Waals surface area contributed by atoms with Crippen molar-refractivity contribution in [2.75, 3.05) is 0 Å². The van der Waals surface area contributed by atoms with Crippen LogP contribution in [0.2, 0.25) is 0 Å². The van der Waals surface area contributed by atoms with Crippen LogP contribution in [0.4, 0.5) is 0 Å². The molecule has 0 saturated heterocycles. The molecule has 22 heavy (non-hydrogen) atoms. The van der Waals surface area contributed by atoms with Gasteiger partial charge in [0.25, 0.3) is 5.91 Å². The first-order valence-corrected chi connectivity index (χ1v) is 7.01. The number of hydrogen-bond donors (Lipinski definition) is 1. The second-order valence-electron chi connectivity index (χ2n) is 5.09. The highest BCUT2D eigenvalue weighted by Gasteiger charge is 2.13. The van der Waals surface area contributed by atoms with E-state index in [9.17, 15) is 9.59 Å². The number of rotatable bonds is 3. The highest BCUT2D eigenvalue weighted by molar-refractivity contribution is 5.93. The maximum Gasteiger partial charge on any atom is 0.287 e. The molecular weight excluding hydrogens is 278 g/mol. The average molecular weight is 293 g/mol. The van der Waals surface area contributed by atoms with E-state index < -0.39 is 5.91 Å². The van der Waals surface area contributed by atoms with Gasteiger partial charge >= 0.3 is 0 Å². The Morgan fingerprint density at radius 3 is 2.64 bits per heavy atom. The van der Waals surface area contributed by atoms with E-state index >= 15 is 0 Å². The molecule has 2 aromatic carbocycles. The van der Waals surface area contributed by atoms with E-state index in [1.165, 1.54) is 6.07 Å². The fourth-order valence-electron chi connectivity index (χ4n) is 2.36. The lowest BCUT2D eigenvalue weighted by molar-refractivity contribution is 0.0923. The molecule has 3 aromatic rings. The van der Waals surface area contributed by atoms with Crippen molar-refractivity contribution in [1.82, 2.24) is 5.32 Å². The Bertz CT molecular complexity index is 882. The monoisotopic (exact) mass is 293 g/mol. The molecule has 0 fully saturated rings. The van der Waals surface area contributed by atoms with Crippen LogP contribution < -0.4 is 10.7 Å². The van der Waals surface area contributed by atoms with E-state index in [-0.39, 0.29) is 11.2 Å². The van der Waals surface area contributed by atoms with Crippen LogP contribution in [0.25, 0.3) is 11.0 Å². The SMILES string of the molecule is Cc1cccc2oc(C(=O)NCc3ccccc3)cc(=O)c12. The van der Waals surface area contributed by atoms with Crippen LogP contribution in [0.5, 0.6) is 0 Å². The molecule has 1 heterocycles. The predicted octanol–water partition coefficient (Wildman–Crippen LogP) is 3.03. The molecule has 1 amide bonds. The predicted molar refractivity (Wildman–Crippen MR) is 84.8 cm³/mol. The fourth-order valence-corrected chi connectivity index (χ4v) is 2.36. The van der Waals surface area contributed by atoms with Gasteiger partial charge in [-0.25, -0.2) is 0 Å². The lowest BCUT2D eigenvalue weighted by Gasteiger charge is -2.06. The van der Waals surface area contributed by atoms with Crippen LogP contribution in [0.3, 0.4) is 0 Å². The maximum absolute atomic E-state index is 12.2. The smallest absolute Gasteiger partial charge is 0.287 e. The second kappa shape index (κ2) is 5.85. The van der Waals surface area contributed by atoms with Crippen molar-refractivity contribution in [3.63, 3.8) is 0 Å². The highest BCUT2D eigenvalue weighted by atomic mass is 16.3. The van der Waals surface area contributed by atoms with Crippen LogP contribution in [-0.4, -0.2) is 5.91 Å². The molecule has 1 N–H and O–H groups in total. The van der Waals surface area contributed by atoms with Crippen molar-refractivity contribution in [3.8, 4) is 0 Å². The van der Waals surface area contributed by atoms with Crippen molar-refractivity contribution in [2.45, 2.75) is 13.5 Å². The summed E-state index contributed by atoms with van der Waals surface area (Å²) in [6.45, 7) is 2.23. The summed E-state index contributed by atoms with van der Waals surface area (Å²) in [6, 6.07) is 16.1. The minimum Gasteiger partial charge on any atom is -0.451 e. The Morgan fingerprint density at radius 2 is 1.86 bits per heavy atom. The van der Waals surface area contributed by atoms with E-state index in [4.69, 9.17) is 4.42 Å². The third kappa shape index (κ3) is 2.76. The third-order valence-corrected chi connectivity index (χ3v) is 3.48. The first kappa shape index (κ1) is 14.1. The van der Waals surface area contributed by atoms with Gasteiger partial charge in [0.15, 0.2) is 11.2 Å². The quantitative estimate of drug-likeness (QED) is 0.807. The standard InChI is InChI=1S/C18H15NO3/c1-12-6-5-9-15-17(12)14(20)10-16(22-15)18(21)19-11-13-7-3-2-4-8-13/h2-10H,11H2,1H3,(H,19,21). The Hall–Kier alpha value is -2.88. The molecule has 4 heteroatoms. The number of fused-ring (bicyclic) bond motifs is 1. The zero-order chi connectivity index (χ0) is 15.5. The number of hydrogen-bond acceptors (Lipinski definition) is 3. The zero-order valence-corrected chi connectivity index (χ0v) is 12.1. The van der Waals surface area contributed by atoms with E-state index in [0.29, 0.717) is 17.5 Å². The van der Waals surface area contributed by atoms with E-state index in [0.717, 1.165) is 11.1 Å². The Kier molecular flexibility index (Phi) is 3.74. The summed E-state index contributed by atoms with van der Waals surface area (Å²) in [5.74, 6) is -0.372. The van der Waals surface area contributed by atoms with Gasteiger partial charge in [-0.15, -0.1) is 0 Å². The van der Waals surface area contributed by atoms with Gasteiger partial charge in [-0.2, -0.15) is 0 Å². The summed E-state index contributed by atoms with van der Waals surface area (Å²) in [5, 5.41) is 3.27. The topological polar surface area (TPSA) is 59.3 Å². The molecule has 110 valence electrons. The fraction of sp³-hybridized carbons (Fsp3) is 0.111. The van der Waals surface area contributed by atoms with Gasteiger partial charge in [-0.3, -0.25) is 9.59 Å². The summed E-state index contributed by atoms with van der Waals surface area (Å²) in [4.78, 5) is 24.3. The number of aryl methyl sites for hydroxylation is 1. The van der Waals surface area contributed by atoms with Gasteiger partial charge in [-0.05, 0) is 24.1 Å². The first-order chi connectivity index (χ1) is 10.6. The molecule has 0 radical (unpaired) electrons. The van der Waals surface area contributed by atoms with E-state index in [1.54, 1.807) is 12.1 Å². The zero-order valence-electron chi connectivity index (χ0n) is 12.1. The van der Waals surface area contributed by atoms with Gasteiger partial charge < -0.3 is 9.73 Å². The summed E-state index contributed by atoms with van der Waals surface area (Å²) in [6.07, 6.45) is 0. The van der Waals surface area contributed by atoms with Crippen molar-refractivity contribution < 1.29 is 9.21 Å². The number of carbonyl (C=O) groups is 1. The van der Waals surface area contributed by atoms with Gasteiger partial charge in [0.05, 0.1) is 5.39 Å². The van der Waals surface area contributed by atoms with Crippen LogP contribution >= 0.6 is 0 Å². The van der Waals surface area contributed by atoms with E-state index in [1.807, 2.05) is 43.3 Å². The minimum atomic E-state index is -0.399. The molecule has 0 unspecified atom stereocenters. The second-order valence-corrected chi connectivity index (χ2v) is 5.09. The largest absolute Gasteiger partial charge is 0.451 e. The number of nitrogens with one attached hydrogen (secondary N) is 1. The molecule has 0 atom stereocenters. The molecule has 0 spiro atoms. The summed E-state index contributed by atoms with van der Waals surface area (Å²) in [7, 11) is 0. The van der Waals surface area contributed by atoms with Gasteiger partial charge in [0.2, 0.25) is 0 Å². The summed E-state index contributed by atoms with van der Waals surface area (Å²) in [5.41, 5.74) is 2.04. The molecule has 0 aliphatic heterocycles. The molecule has 0 saturated carbocycles. The summed E-state index contributed by atoms with van der Waals surface area (Å²) >= 11 is 0. The molecule has 3 rings (SSSR count). The van der Waals surface area contributed by atoms with Crippen LogP contribution in [-0.2, 0) is 6.54 Å². The Labute approximate surface area is 127 Å². The Morgan fingerprint density at radius 1 is 1.09 bits per heavy atom. The number of benzene rings is 2. The average Bonchev–Trinajstić information content (AvgIpc) is 2.53. The van der Waals surface area contributed by atoms with E-state index in [2.05, 4.69) is 5.32 Å². The number of carbonyl (C=O) groups excluding carboxylic acids is 1. The van der Waals surface area contributed by atoms with Crippen molar-refractivity contribution in [2.24, 2.45) is 0 Å². The third-order valence-electron chi connectivity index (χ3n) is 3.48. The molecule has 0 aliphatic carbocycles. The van der Waals surface area contributed by atoms with Crippen LogP contribution in [0.1, 0.15) is 21.7 Å². The van der Waals surface area contributed by atoms with Gasteiger partial charge in [0.1, 0.15) is 5.58 Å². The lowest BCUT2D eigenvalue weighted by Crippen LogP contribution is -2.24. The maximum atomic E-state index is 12.2. The molecule has 0 aliphatic rings. The van der Waals surface area contributed by atoms with Crippen molar-refractivity contribution >= 4 is 16.9 Å². The van der Waals surface area contributed by atoms with Crippen LogP contribution in [0, 0.1) is 6.92 Å². The van der Waals surface area contributed by atoms with Gasteiger partial charge in [-0.1, -0.05) is 42.5 Å². The molecular formula is C18H15NO3.